The Bertz CT molecular complexity index is 481. The summed E-state index contributed by atoms with van der Waals surface area (Å²) in [5, 5.41) is 10.0. The Labute approximate surface area is 100 Å². The van der Waals surface area contributed by atoms with Crippen LogP contribution < -0.4 is 10.1 Å². The van der Waals surface area contributed by atoms with Crippen molar-refractivity contribution in [3.63, 3.8) is 0 Å². The molecule has 0 aromatic carbocycles. The zero-order valence-electron chi connectivity index (χ0n) is 10.0. The topological polar surface area (TPSA) is 62.8 Å². The summed E-state index contributed by atoms with van der Waals surface area (Å²) in [4.78, 5) is 4.33. The summed E-state index contributed by atoms with van der Waals surface area (Å²) in [5.74, 6) is 1.89. The maximum atomic E-state index is 5.53. The molecule has 5 nitrogen and oxygen atoms in total. The number of aromatic amines is 1. The second kappa shape index (κ2) is 5.34. The van der Waals surface area contributed by atoms with Gasteiger partial charge in [-0.2, -0.15) is 4.98 Å². The van der Waals surface area contributed by atoms with Crippen molar-refractivity contribution in [3.05, 3.63) is 30.0 Å². The molecule has 5 heteroatoms. The van der Waals surface area contributed by atoms with Gasteiger partial charge in [0, 0.05) is 24.4 Å². The van der Waals surface area contributed by atoms with Crippen LogP contribution in [-0.2, 0) is 0 Å². The first kappa shape index (κ1) is 11.4. The minimum atomic E-state index is 0.530. The van der Waals surface area contributed by atoms with Crippen LogP contribution in [-0.4, -0.2) is 21.7 Å². The molecule has 17 heavy (non-hydrogen) atoms. The van der Waals surface area contributed by atoms with Crippen LogP contribution in [0.5, 0.6) is 11.8 Å². The van der Waals surface area contributed by atoms with Crippen LogP contribution >= 0.6 is 0 Å². The molecule has 2 N–H and O–H groups in total. The van der Waals surface area contributed by atoms with E-state index in [0.717, 1.165) is 24.5 Å². The number of hydrogen-bond donors (Lipinski definition) is 2. The van der Waals surface area contributed by atoms with Crippen molar-refractivity contribution in [3.8, 4) is 11.8 Å². The van der Waals surface area contributed by atoms with Crippen LogP contribution in [0.4, 0.5) is 5.82 Å². The number of nitrogens with one attached hydrogen (secondary N) is 2. The van der Waals surface area contributed by atoms with E-state index < -0.39 is 0 Å². The van der Waals surface area contributed by atoms with Gasteiger partial charge in [0.05, 0.1) is 0 Å². The van der Waals surface area contributed by atoms with E-state index in [4.69, 9.17) is 4.74 Å². The largest absolute Gasteiger partial charge is 0.419 e. The Hall–Kier alpha value is -2.04. The van der Waals surface area contributed by atoms with Gasteiger partial charge in [0.2, 0.25) is 11.8 Å². The highest BCUT2D eigenvalue weighted by Gasteiger charge is 2.02. The standard InChI is InChI=1S/C12H16N4O/c1-3-7-13-10-5-4-6-11(14-10)17-12-8-9(2)15-16-12/h4-6,8H,3,7H2,1-2H3,(H,13,14)(H,15,16). The number of H-pyrrole nitrogens is 1. The molecular formula is C12H16N4O. The summed E-state index contributed by atoms with van der Waals surface area (Å²) in [6.07, 6.45) is 1.06. The van der Waals surface area contributed by atoms with E-state index in [0.29, 0.717) is 11.8 Å². The van der Waals surface area contributed by atoms with Gasteiger partial charge in [0.1, 0.15) is 5.82 Å². The molecule has 0 atom stereocenters. The number of nitrogens with zero attached hydrogens (tertiary/aromatic N) is 2. The molecule has 90 valence electrons. The SMILES string of the molecule is CCCNc1cccc(Oc2cc(C)[nH]n2)n1. The molecule has 0 amide bonds. The van der Waals surface area contributed by atoms with E-state index in [9.17, 15) is 0 Å². The number of aromatic nitrogens is 3. The van der Waals surface area contributed by atoms with Gasteiger partial charge < -0.3 is 10.1 Å². The van der Waals surface area contributed by atoms with Crippen LogP contribution in [0, 0.1) is 6.92 Å². The normalized spacial score (nSPS) is 10.2. The van der Waals surface area contributed by atoms with Crippen molar-refractivity contribution in [1.29, 1.82) is 0 Å². The molecule has 0 bridgehead atoms. The molecule has 0 radical (unpaired) electrons. The fourth-order valence-electron chi connectivity index (χ4n) is 1.38. The molecule has 0 saturated heterocycles. The van der Waals surface area contributed by atoms with Crippen LogP contribution in [0.2, 0.25) is 0 Å². The zero-order valence-corrected chi connectivity index (χ0v) is 10.0. The highest BCUT2D eigenvalue weighted by Crippen LogP contribution is 2.18. The Balaban J connectivity index is 2.05. The minimum absolute atomic E-state index is 0.530. The average molecular weight is 232 g/mol. The molecule has 2 rings (SSSR count). The lowest BCUT2D eigenvalue weighted by atomic mass is 10.4. The van der Waals surface area contributed by atoms with Gasteiger partial charge in [0.15, 0.2) is 0 Å². The van der Waals surface area contributed by atoms with Gasteiger partial charge in [-0.25, -0.2) is 0 Å². The summed E-state index contributed by atoms with van der Waals surface area (Å²) in [6.45, 7) is 4.93. The molecule has 2 aromatic rings. The summed E-state index contributed by atoms with van der Waals surface area (Å²) < 4.78 is 5.53. The third kappa shape index (κ3) is 3.21. The van der Waals surface area contributed by atoms with E-state index in [1.165, 1.54) is 0 Å². The van der Waals surface area contributed by atoms with Crippen molar-refractivity contribution in [2.45, 2.75) is 20.3 Å². The lowest BCUT2D eigenvalue weighted by Gasteiger charge is -2.05. The molecule has 2 heterocycles. The molecule has 0 unspecified atom stereocenters. The summed E-state index contributed by atoms with van der Waals surface area (Å²) >= 11 is 0. The molecule has 0 spiro atoms. The maximum absolute atomic E-state index is 5.53. The lowest BCUT2D eigenvalue weighted by Crippen LogP contribution is -2.02. The van der Waals surface area contributed by atoms with Crippen molar-refractivity contribution in [2.24, 2.45) is 0 Å². The predicted octanol–water partition coefficient (Wildman–Crippen LogP) is 2.73. The van der Waals surface area contributed by atoms with E-state index in [1.54, 1.807) is 6.07 Å². The summed E-state index contributed by atoms with van der Waals surface area (Å²) in [7, 11) is 0. The molecule has 0 saturated carbocycles. The third-order valence-electron chi connectivity index (χ3n) is 2.17. The van der Waals surface area contributed by atoms with Gasteiger partial charge in [-0.3, -0.25) is 5.10 Å². The number of rotatable bonds is 5. The number of ether oxygens (including phenoxy) is 1. The second-order valence-electron chi connectivity index (χ2n) is 3.78. The Morgan fingerprint density at radius 1 is 1.35 bits per heavy atom. The Kier molecular flexibility index (Phi) is 3.59. The monoisotopic (exact) mass is 232 g/mol. The average Bonchev–Trinajstić information content (AvgIpc) is 2.73. The highest BCUT2D eigenvalue weighted by molar-refractivity contribution is 5.37. The van der Waals surface area contributed by atoms with Crippen LogP contribution in [0.25, 0.3) is 0 Å². The van der Waals surface area contributed by atoms with Crippen molar-refractivity contribution in [2.75, 3.05) is 11.9 Å². The minimum Gasteiger partial charge on any atom is -0.419 e. The first-order valence-corrected chi connectivity index (χ1v) is 5.68. The van der Waals surface area contributed by atoms with E-state index in [1.807, 2.05) is 25.1 Å². The highest BCUT2D eigenvalue weighted by atomic mass is 16.5. The first-order chi connectivity index (χ1) is 8.28. The first-order valence-electron chi connectivity index (χ1n) is 5.68. The summed E-state index contributed by atoms with van der Waals surface area (Å²) in [5.41, 5.74) is 0.959. The van der Waals surface area contributed by atoms with Gasteiger partial charge >= 0.3 is 0 Å². The quantitative estimate of drug-likeness (QED) is 0.832. The van der Waals surface area contributed by atoms with Gasteiger partial charge in [-0.05, 0) is 19.4 Å². The molecule has 0 aliphatic carbocycles. The number of anilines is 1. The maximum Gasteiger partial charge on any atom is 0.240 e. The van der Waals surface area contributed by atoms with Gasteiger partial charge in [0.25, 0.3) is 0 Å². The predicted molar refractivity (Wildman–Crippen MR) is 66.4 cm³/mol. The van der Waals surface area contributed by atoms with Crippen molar-refractivity contribution < 1.29 is 4.74 Å². The van der Waals surface area contributed by atoms with Gasteiger partial charge in [-0.15, -0.1) is 5.10 Å². The second-order valence-corrected chi connectivity index (χ2v) is 3.78. The van der Waals surface area contributed by atoms with Crippen molar-refractivity contribution >= 4 is 5.82 Å². The molecule has 2 aromatic heterocycles. The molecule has 0 aliphatic rings. The molecule has 0 aliphatic heterocycles. The molecular weight excluding hydrogens is 216 g/mol. The third-order valence-corrected chi connectivity index (χ3v) is 2.17. The van der Waals surface area contributed by atoms with E-state index in [2.05, 4.69) is 27.4 Å². The lowest BCUT2D eigenvalue weighted by molar-refractivity contribution is 0.444. The smallest absolute Gasteiger partial charge is 0.240 e. The number of pyridine rings is 1. The van der Waals surface area contributed by atoms with Crippen molar-refractivity contribution in [1.82, 2.24) is 15.2 Å². The fourth-order valence-corrected chi connectivity index (χ4v) is 1.38. The summed E-state index contributed by atoms with van der Waals surface area (Å²) in [6, 6.07) is 7.45. The Morgan fingerprint density at radius 2 is 2.24 bits per heavy atom. The fraction of sp³-hybridized carbons (Fsp3) is 0.333. The van der Waals surface area contributed by atoms with Crippen LogP contribution in [0.3, 0.4) is 0 Å². The van der Waals surface area contributed by atoms with E-state index in [-0.39, 0.29) is 0 Å². The molecule has 0 fully saturated rings. The number of aryl methyl sites for hydroxylation is 1. The zero-order chi connectivity index (χ0) is 12.1. The number of hydrogen-bond acceptors (Lipinski definition) is 4. The van der Waals surface area contributed by atoms with Crippen LogP contribution in [0.15, 0.2) is 24.3 Å². The Morgan fingerprint density at radius 3 is 2.94 bits per heavy atom. The van der Waals surface area contributed by atoms with Crippen LogP contribution in [0.1, 0.15) is 19.0 Å². The van der Waals surface area contributed by atoms with Gasteiger partial charge in [-0.1, -0.05) is 13.0 Å². The van der Waals surface area contributed by atoms with E-state index >= 15 is 0 Å².